The van der Waals surface area contributed by atoms with E-state index in [0.29, 0.717) is 11.3 Å². The van der Waals surface area contributed by atoms with E-state index in [1.54, 1.807) is 13.0 Å². The van der Waals surface area contributed by atoms with Crippen LogP contribution >= 0.6 is 0 Å². The number of methoxy groups -OCH3 is 2. The van der Waals surface area contributed by atoms with Crippen molar-refractivity contribution in [2.24, 2.45) is 0 Å². The van der Waals surface area contributed by atoms with Crippen molar-refractivity contribution >= 4 is 15.7 Å². The monoisotopic (exact) mass is 343 g/mol. The first-order valence-electron chi connectivity index (χ1n) is 6.49. The lowest BCUT2D eigenvalue weighted by Crippen LogP contribution is -2.17. The maximum atomic E-state index is 13.7. The molecule has 2 aromatic carbocycles. The zero-order chi connectivity index (χ0) is 17.2. The molecule has 0 atom stereocenters. The molecular formula is C15H15F2NO4S. The van der Waals surface area contributed by atoms with E-state index in [0.717, 1.165) is 18.2 Å². The number of nitrogens with one attached hydrogen (secondary N) is 1. The minimum Gasteiger partial charge on any atom is -0.493 e. The fraction of sp³-hybridized carbons (Fsp3) is 0.200. The average Bonchev–Trinajstić information content (AvgIpc) is 2.48. The zero-order valence-corrected chi connectivity index (χ0v) is 13.5. The Bertz CT molecular complexity index is 817. The standard InChI is InChI=1S/C15H15F2NO4S/c1-9-7-13(21-2)14(22-3)8-12(9)18-23(19,20)15-10(16)5-4-6-11(15)17/h4-8,18H,1-3H3. The summed E-state index contributed by atoms with van der Waals surface area (Å²) in [7, 11) is -1.61. The van der Waals surface area contributed by atoms with Crippen LogP contribution in [0.5, 0.6) is 11.5 Å². The molecule has 2 rings (SSSR count). The van der Waals surface area contributed by atoms with Crippen LogP contribution in [0.2, 0.25) is 0 Å². The second-order valence-electron chi connectivity index (χ2n) is 4.68. The Morgan fingerprint density at radius 2 is 1.52 bits per heavy atom. The van der Waals surface area contributed by atoms with Gasteiger partial charge in [-0.3, -0.25) is 4.72 Å². The predicted octanol–water partition coefficient (Wildman–Crippen LogP) is 3.09. The molecule has 2 aromatic rings. The molecule has 0 aliphatic rings. The highest BCUT2D eigenvalue weighted by atomic mass is 32.2. The van der Waals surface area contributed by atoms with Crippen LogP contribution in [0.3, 0.4) is 0 Å². The number of aryl methyl sites for hydroxylation is 1. The van der Waals surface area contributed by atoms with Crippen molar-refractivity contribution in [3.05, 3.63) is 47.5 Å². The molecule has 0 aliphatic heterocycles. The third kappa shape index (κ3) is 3.37. The minimum atomic E-state index is -4.44. The zero-order valence-electron chi connectivity index (χ0n) is 12.7. The molecule has 0 amide bonds. The van der Waals surface area contributed by atoms with E-state index in [1.807, 2.05) is 0 Å². The summed E-state index contributed by atoms with van der Waals surface area (Å²) in [5.41, 5.74) is 0.633. The number of rotatable bonds is 5. The average molecular weight is 343 g/mol. The molecule has 0 saturated heterocycles. The van der Waals surface area contributed by atoms with Crippen molar-refractivity contribution < 1.29 is 26.7 Å². The smallest absolute Gasteiger partial charge is 0.267 e. The lowest BCUT2D eigenvalue weighted by Gasteiger charge is -2.15. The summed E-state index contributed by atoms with van der Waals surface area (Å²) in [5.74, 6) is -1.65. The molecule has 0 aliphatic carbocycles. The molecule has 0 saturated carbocycles. The van der Waals surface area contributed by atoms with E-state index in [4.69, 9.17) is 9.47 Å². The van der Waals surface area contributed by atoms with Crippen molar-refractivity contribution in [3.63, 3.8) is 0 Å². The van der Waals surface area contributed by atoms with Crippen LogP contribution in [0.25, 0.3) is 0 Å². The Balaban J connectivity index is 2.50. The molecule has 0 bridgehead atoms. The molecule has 0 unspecified atom stereocenters. The fourth-order valence-electron chi connectivity index (χ4n) is 2.03. The molecule has 0 spiro atoms. The van der Waals surface area contributed by atoms with Gasteiger partial charge >= 0.3 is 0 Å². The van der Waals surface area contributed by atoms with E-state index in [1.165, 1.54) is 20.3 Å². The Labute approximate surface area is 132 Å². The highest BCUT2D eigenvalue weighted by Crippen LogP contribution is 2.34. The highest BCUT2D eigenvalue weighted by molar-refractivity contribution is 7.92. The van der Waals surface area contributed by atoms with Gasteiger partial charge in [-0.1, -0.05) is 6.07 Å². The second-order valence-corrected chi connectivity index (χ2v) is 6.30. The Morgan fingerprint density at radius 1 is 1.00 bits per heavy atom. The van der Waals surface area contributed by atoms with Crippen molar-refractivity contribution in [3.8, 4) is 11.5 Å². The molecule has 0 fully saturated rings. The van der Waals surface area contributed by atoms with Crippen molar-refractivity contribution in [2.75, 3.05) is 18.9 Å². The van der Waals surface area contributed by atoms with Crippen LogP contribution in [0, 0.1) is 18.6 Å². The molecule has 8 heteroatoms. The lowest BCUT2D eigenvalue weighted by molar-refractivity contribution is 0.355. The summed E-state index contributed by atoms with van der Waals surface area (Å²) in [4.78, 5) is -1.03. The minimum absolute atomic E-state index is 0.130. The summed E-state index contributed by atoms with van der Waals surface area (Å²) >= 11 is 0. The van der Waals surface area contributed by atoms with Gasteiger partial charge in [0.05, 0.1) is 19.9 Å². The summed E-state index contributed by atoms with van der Waals surface area (Å²) in [6.45, 7) is 1.62. The van der Waals surface area contributed by atoms with Gasteiger partial charge in [0.25, 0.3) is 10.0 Å². The van der Waals surface area contributed by atoms with Crippen molar-refractivity contribution in [1.29, 1.82) is 0 Å². The van der Waals surface area contributed by atoms with Gasteiger partial charge in [0.15, 0.2) is 16.4 Å². The summed E-state index contributed by atoms with van der Waals surface area (Å²) < 4.78 is 64.4. The van der Waals surface area contributed by atoms with Crippen LogP contribution in [-0.2, 0) is 10.0 Å². The summed E-state index contributed by atoms with van der Waals surface area (Å²) in [6, 6.07) is 5.77. The normalized spacial score (nSPS) is 11.2. The van der Waals surface area contributed by atoms with Crippen molar-refractivity contribution in [1.82, 2.24) is 0 Å². The Morgan fingerprint density at radius 3 is 2.04 bits per heavy atom. The molecule has 5 nitrogen and oxygen atoms in total. The number of halogens is 2. The maximum absolute atomic E-state index is 13.7. The second kappa shape index (κ2) is 6.41. The molecule has 1 N–H and O–H groups in total. The predicted molar refractivity (Wildman–Crippen MR) is 81.4 cm³/mol. The van der Waals surface area contributed by atoms with Gasteiger partial charge in [0.1, 0.15) is 11.6 Å². The molecule has 0 heterocycles. The Kier molecular flexibility index (Phi) is 4.74. The van der Waals surface area contributed by atoms with Gasteiger partial charge < -0.3 is 9.47 Å². The first-order chi connectivity index (χ1) is 10.8. The van der Waals surface area contributed by atoms with Crippen LogP contribution in [-0.4, -0.2) is 22.6 Å². The molecular weight excluding hydrogens is 328 g/mol. The van der Waals surface area contributed by atoms with Gasteiger partial charge in [-0.25, -0.2) is 17.2 Å². The fourth-order valence-corrected chi connectivity index (χ4v) is 3.29. The quantitative estimate of drug-likeness (QED) is 0.906. The third-order valence-electron chi connectivity index (χ3n) is 3.16. The van der Waals surface area contributed by atoms with Crippen LogP contribution in [0.1, 0.15) is 5.56 Å². The van der Waals surface area contributed by atoms with Gasteiger partial charge in [-0.05, 0) is 30.7 Å². The van der Waals surface area contributed by atoms with Gasteiger partial charge in [0, 0.05) is 6.07 Å². The maximum Gasteiger partial charge on any atom is 0.267 e. The first-order valence-corrected chi connectivity index (χ1v) is 7.98. The van der Waals surface area contributed by atoms with E-state index in [2.05, 4.69) is 4.72 Å². The largest absolute Gasteiger partial charge is 0.493 e. The molecule has 124 valence electrons. The number of hydrogen-bond acceptors (Lipinski definition) is 4. The number of benzene rings is 2. The SMILES string of the molecule is COc1cc(C)c(NS(=O)(=O)c2c(F)cccc2F)cc1OC. The van der Waals surface area contributed by atoms with Crippen molar-refractivity contribution in [2.45, 2.75) is 11.8 Å². The Hall–Kier alpha value is -2.35. The highest BCUT2D eigenvalue weighted by Gasteiger charge is 2.25. The van der Waals surface area contributed by atoms with Crippen LogP contribution in [0.4, 0.5) is 14.5 Å². The molecule has 0 aromatic heterocycles. The van der Waals surface area contributed by atoms with Gasteiger partial charge in [-0.2, -0.15) is 0 Å². The van der Waals surface area contributed by atoms with E-state index < -0.39 is 26.6 Å². The molecule has 0 radical (unpaired) electrons. The van der Waals surface area contributed by atoms with Gasteiger partial charge in [-0.15, -0.1) is 0 Å². The van der Waals surface area contributed by atoms with E-state index >= 15 is 0 Å². The summed E-state index contributed by atoms with van der Waals surface area (Å²) in [5, 5.41) is 0. The number of anilines is 1. The summed E-state index contributed by atoms with van der Waals surface area (Å²) in [6.07, 6.45) is 0. The number of ether oxygens (including phenoxy) is 2. The lowest BCUT2D eigenvalue weighted by atomic mass is 10.2. The number of sulfonamides is 1. The van der Waals surface area contributed by atoms with Crippen LogP contribution < -0.4 is 14.2 Å². The number of hydrogen-bond donors (Lipinski definition) is 1. The first kappa shape index (κ1) is 17.0. The van der Waals surface area contributed by atoms with Crippen LogP contribution in [0.15, 0.2) is 35.2 Å². The van der Waals surface area contributed by atoms with E-state index in [-0.39, 0.29) is 11.4 Å². The third-order valence-corrected chi connectivity index (χ3v) is 4.58. The van der Waals surface area contributed by atoms with Gasteiger partial charge in [0.2, 0.25) is 0 Å². The van der Waals surface area contributed by atoms with E-state index in [9.17, 15) is 17.2 Å². The molecule has 23 heavy (non-hydrogen) atoms. The topological polar surface area (TPSA) is 64.6 Å².